The molecule has 0 aromatic carbocycles. The minimum absolute atomic E-state index is 0. The number of hydrogen-bond acceptors (Lipinski definition) is 4. The van der Waals surface area contributed by atoms with E-state index in [1.165, 1.54) is 0 Å². The van der Waals surface area contributed by atoms with E-state index < -0.39 is 22.4 Å². The molecule has 2 atom stereocenters. The molecule has 0 aromatic heterocycles. The fraction of sp³-hybridized carbons (Fsp3) is 0.500. The van der Waals surface area contributed by atoms with E-state index in [1.807, 2.05) is 0 Å². The second-order valence-corrected chi connectivity index (χ2v) is 2.68. The maximum atomic E-state index is 10.1. The summed E-state index contributed by atoms with van der Waals surface area (Å²) in [5.41, 5.74) is 0. The molecule has 7 heteroatoms. The first-order valence-electron chi connectivity index (χ1n) is 2.28. The van der Waals surface area contributed by atoms with Crippen LogP contribution in [0.15, 0.2) is 0 Å². The molecule has 0 fully saturated rings. The van der Waals surface area contributed by atoms with Gasteiger partial charge in [0.1, 0.15) is 10.5 Å². The van der Waals surface area contributed by atoms with Gasteiger partial charge in [0, 0.05) is 0 Å². The second-order valence-electron chi connectivity index (χ2n) is 1.57. The van der Waals surface area contributed by atoms with Crippen molar-refractivity contribution in [3.63, 3.8) is 0 Å². The Balaban J connectivity index is 0. The van der Waals surface area contributed by atoms with Gasteiger partial charge in [0.05, 0.1) is 0 Å². The Labute approximate surface area is 85.5 Å². The summed E-state index contributed by atoms with van der Waals surface area (Å²) < 4.78 is 0. The van der Waals surface area contributed by atoms with Crippen molar-refractivity contribution in [2.24, 2.45) is 0 Å². The number of hydrogen-bond donors (Lipinski definition) is 4. The summed E-state index contributed by atoms with van der Waals surface area (Å²) in [6.45, 7) is 0. The molecule has 0 heterocycles. The number of carboxylic acid groups (broad SMARTS) is 2. The molecule has 0 saturated heterocycles. The summed E-state index contributed by atoms with van der Waals surface area (Å²) in [4.78, 5) is 20.1. The van der Waals surface area contributed by atoms with Gasteiger partial charge in [0.25, 0.3) is 0 Å². The second kappa shape index (κ2) is 5.80. The Morgan fingerprint density at radius 1 is 1.00 bits per heavy atom. The molecule has 60 valence electrons. The topological polar surface area (TPSA) is 74.6 Å². The Morgan fingerprint density at radius 3 is 1.27 bits per heavy atom. The van der Waals surface area contributed by atoms with Crippen LogP contribution in [0.1, 0.15) is 0 Å². The predicted molar refractivity (Wildman–Crippen MR) is 46.6 cm³/mol. The molecule has 0 aliphatic heterocycles. The van der Waals surface area contributed by atoms with Crippen LogP contribution in [0.25, 0.3) is 0 Å². The fourth-order valence-corrected chi connectivity index (χ4v) is 0.525. The van der Waals surface area contributed by atoms with Crippen LogP contribution >= 0.6 is 25.3 Å². The van der Waals surface area contributed by atoms with E-state index in [2.05, 4.69) is 25.3 Å². The Kier molecular flexibility index (Phi) is 7.26. The van der Waals surface area contributed by atoms with Crippen molar-refractivity contribution < 1.29 is 19.8 Å². The largest absolute Gasteiger partial charge is 3.00 e. The molecule has 2 N–H and O–H groups in total. The van der Waals surface area contributed by atoms with Crippen molar-refractivity contribution in [3.05, 3.63) is 0 Å². The third-order valence-electron chi connectivity index (χ3n) is 0.805. The standard InChI is InChI=1S/C4H6O4S2.As/c5-3(6)1(9)2(10)4(7)8;/h1-2,9-10H,(H,5,6)(H,7,8);/q;+3. The van der Waals surface area contributed by atoms with Crippen molar-refractivity contribution in [2.45, 2.75) is 10.5 Å². The third-order valence-corrected chi connectivity index (χ3v) is 2.08. The van der Waals surface area contributed by atoms with Crippen molar-refractivity contribution in [2.75, 3.05) is 0 Å². The normalized spacial score (nSPS) is 14.4. The van der Waals surface area contributed by atoms with Crippen LogP contribution in [0.2, 0.25) is 0 Å². The SMILES string of the molecule is O=C(O)C(S)C(S)C(=O)O.[As+3]. The average molecular weight is 257 g/mol. The van der Waals surface area contributed by atoms with Crippen LogP contribution in [0.4, 0.5) is 0 Å². The van der Waals surface area contributed by atoms with Crippen LogP contribution in [-0.2, 0) is 9.59 Å². The quantitative estimate of drug-likeness (QED) is 0.401. The van der Waals surface area contributed by atoms with Crippen LogP contribution < -0.4 is 0 Å². The molecule has 0 rings (SSSR count). The molecule has 0 bridgehead atoms. The van der Waals surface area contributed by atoms with Gasteiger partial charge in [-0.3, -0.25) is 9.59 Å². The van der Waals surface area contributed by atoms with Crippen LogP contribution in [0, 0.1) is 0 Å². The van der Waals surface area contributed by atoms with Crippen molar-refractivity contribution in [1.29, 1.82) is 0 Å². The van der Waals surface area contributed by atoms with E-state index in [1.54, 1.807) is 0 Å². The van der Waals surface area contributed by atoms with Gasteiger partial charge in [-0.25, -0.2) is 0 Å². The van der Waals surface area contributed by atoms with Gasteiger partial charge in [-0.05, 0) is 0 Å². The van der Waals surface area contributed by atoms with Crippen LogP contribution in [0.3, 0.4) is 0 Å². The smallest absolute Gasteiger partial charge is 0.480 e. The molecule has 0 spiro atoms. The number of aliphatic carboxylic acids is 2. The number of carbonyl (C=O) groups is 2. The summed E-state index contributed by atoms with van der Waals surface area (Å²) in [5, 5.41) is 13.9. The van der Waals surface area contributed by atoms with E-state index in [9.17, 15) is 9.59 Å². The van der Waals surface area contributed by atoms with Gasteiger partial charge >= 0.3 is 29.9 Å². The van der Waals surface area contributed by atoms with Crippen molar-refractivity contribution >= 4 is 55.1 Å². The fourth-order valence-electron chi connectivity index (χ4n) is 0.270. The van der Waals surface area contributed by atoms with Gasteiger partial charge in [-0.2, -0.15) is 25.3 Å². The summed E-state index contributed by atoms with van der Waals surface area (Å²) in [6.07, 6.45) is 0. The third kappa shape index (κ3) is 4.61. The van der Waals surface area contributed by atoms with E-state index in [0.717, 1.165) is 0 Å². The van der Waals surface area contributed by atoms with Gasteiger partial charge in [-0.15, -0.1) is 0 Å². The molecule has 0 aromatic rings. The van der Waals surface area contributed by atoms with Gasteiger partial charge in [0.2, 0.25) is 0 Å². The Bertz CT molecular complexity index is 144. The zero-order valence-corrected chi connectivity index (χ0v) is 8.87. The molecule has 4 nitrogen and oxygen atoms in total. The molecule has 11 heavy (non-hydrogen) atoms. The summed E-state index contributed by atoms with van der Waals surface area (Å²) in [6, 6.07) is 0. The summed E-state index contributed by atoms with van der Waals surface area (Å²) >= 11 is 7.00. The van der Waals surface area contributed by atoms with E-state index >= 15 is 0 Å². The van der Waals surface area contributed by atoms with E-state index in [4.69, 9.17) is 10.2 Å². The van der Waals surface area contributed by atoms with Gasteiger partial charge in [-0.1, -0.05) is 0 Å². The van der Waals surface area contributed by atoms with E-state index in [0.29, 0.717) is 0 Å². The Morgan fingerprint density at radius 2 is 1.18 bits per heavy atom. The first-order chi connectivity index (χ1) is 4.46. The monoisotopic (exact) mass is 257 g/mol. The first-order valence-corrected chi connectivity index (χ1v) is 3.32. The molecular weight excluding hydrogens is 251 g/mol. The molecule has 2 unspecified atom stereocenters. The van der Waals surface area contributed by atoms with Crippen molar-refractivity contribution in [1.82, 2.24) is 0 Å². The first kappa shape index (κ1) is 13.8. The maximum absolute atomic E-state index is 10.1. The molecular formula is C4H6AsO4S2+3. The zero-order chi connectivity index (χ0) is 8.31. The average Bonchev–Trinajstić information content (AvgIpc) is 1.84. The molecule has 2 radical (unpaired) electrons. The molecule has 0 amide bonds. The van der Waals surface area contributed by atoms with E-state index in [-0.39, 0.29) is 18.0 Å². The molecule has 0 aliphatic carbocycles. The maximum Gasteiger partial charge on any atom is 3.00 e. The van der Waals surface area contributed by atoms with Crippen LogP contribution in [0.5, 0.6) is 0 Å². The number of rotatable bonds is 3. The number of carboxylic acids is 2. The summed E-state index contributed by atoms with van der Waals surface area (Å²) in [5.74, 6) is -2.57. The Hall–Kier alpha value is 0.198. The molecule has 0 saturated carbocycles. The van der Waals surface area contributed by atoms with Gasteiger partial charge in [0.15, 0.2) is 0 Å². The van der Waals surface area contributed by atoms with Crippen molar-refractivity contribution in [3.8, 4) is 0 Å². The molecule has 0 aliphatic rings. The zero-order valence-electron chi connectivity index (χ0n) is 5.21. The summed E-state index contributed by atoms with van der Waals surface area (Å²) in [7, 11) is 0. The van der Waals surface area contributed by atoms with Crippen LogP contribution in [-0.4, -0.2) is 50.6 Å². The minimum Gasteiger partial charge on any atom is -0.480 e. The van der Waals surface area contributed by atoms with Gasteiger partial charge < -0.3 is 10.2 Å². The predicted octanol–water partition coefficient (Wildman–Crippen LogP) is -0.628. The number of thiol groups is 2. The minimum atomic E-state index is -1.29.